The van der Waals surface area contributed by atoms with Crippen LogP contribution in [-0.2, 0) is 4.79 Å². The molecule has 0 aliphatic carbocycles. The summed E-state index contributed by atoms with van der Waals surface area (Å²) in [6.45, 7) is 3.68. The number of anilines is 1. The molecular weight excluding hydrogens is 302 g/mol. The molecule has 6 heteroatoms. The summed E-state index contributed by atoms with van der Waals surface area (Å²) in [6, 6.07) is 10.2. The Labute approximate surface area is 140 Å². The Balaban J connectivity index is 1.75. The summed E-state index contributed by atoms with van der Waals surface area (Å²) in [6.07, 6.45) is 1.72. The Morgan fingerprint density at radius 2 is 2.00 bits per heavy atom. The lowest BCUT2D eigenvalue weighted by atomic mass is 9.96. The number of carbonyl (C=O) groups excluding carboxylic acids is 1. The van der Waals surface area contributed by atoms with Crippen LogP contribution in [0.2, 0.25) is 0 Å². The topological polar surface area (TPSA) is 62.5 Å². The van der Waals surface area contributed by atoms with Gasteiger partial charge in [-0.1, -0.05) is 12.1 Å². The van der Waals surface area contributed by atoms with Gasteiger partial charge in [-0.2, -0.15) is 5.10 Å². The van der Waals surface area contributed by atoms with Crippen molar-refractivity contribution in [3.05, 3.63) is 36.0 Å². The van der Waals surface area contributed by atoms with Crippen molar-refractivity contribution in [2.45, 2.75) is 19.8 Å². The average Bonchev–Trinajstić information content (AvgIpc) is 3.01. The van der Waals surface area contributed by atoms with Crippen molar-refractivity contribution in [1.82, 2.24) is 19.9 Å². The van der Waals surface area contributed by atoms with Crippen LogP contribution in [0.15, 0.2) is 30.3 Å². The fraction of sp³-hybridized carbons (Fsp3) is 0.389. The highest BCUT2D eigenvalue weighted by Crippen LogP contribution is 2.29. The highest BCUT2D eigenvalue weighted by molar-refractivity contribution is 5.92. The molecule has 0 radical (unpaired) electrons. The maximum atomic E-state index is 11.8. The molecule has 0 atom stereocenters. The summed E-state index contributed by atoms with van der Waals surface area (Å²) in [5, 5.41) is 8.42. The van der Waals surface area contributed by atoms with E-state index in [1.165, 1.54) is 0 Å². The first-order valence-electron chi connectivity index (χ1n) is 8.39. The summed E-state index contributed by atoms with van der Waals surface area (Å²) >= 11 is 0. The van der Waals surface area contributed by atoms with Crippen molar-refractivity contribution in [2.24, 2.45) is 5.92 Å². The van der Waals surface area contributed by atoms with Gasteiger partial charge in [0.25, 0.3) is 0 Å². The van der Waals surface area contributed by atoms with Crippen molar-refractivity contribution in [2.75, 3.05) is 25.0 Å². The first kappa shape index (κ1) is 14.9. The van der Waals surface area contributed by atoms with Crippen molar-refractivity contribution < 1.29 is 4.79 Å². The van der Waals surface area contributed by atoms with E-state index in [4.69, 9.17) is 4.98 Å². The average molecular weight is 323 g/mol. The van der Waals surface area contributed by atoms with Crippen LogP contribution in [0.3, 0.4) is 0 Å². The van der Waals surface area contributed by atoms with Gasteiger partial charge in [-0.15, -0.1) is 0 Å². The monoisotopic (exact) mass is 323 g/mol. The SMILES string of the molecule is CNC(=O)C1CCN(c2nc3cc(C)nn3c3ccccc23)CC1. The summed E-state index contributed by atoms with van der Waals surface area (Å²) in [7, 11) is 1.71. The maximum absolute atomic E-state index is 11.8. The molecule has 0 spiro atoms. The second-order valence-electron chi connectivity index (χ2n) is 6.38. The van der Waals surface area contributed by atoms with Gasteiger partial charge >= 0.3 is 0 Å². The van der Waals surface area contributed by atoms with E-state index in [0.29, 0.717) is 0 Å². The van der Waals surface area contributed by atoms with Gasteiger partial charge in [0.2, 0.25) is 5.91 Å². The number of fused-ring (bicyclic) bond motifs is 3. The van der Waals surface area contributed by atoms with E-state index in [1.54, 1.807) is 7.05 Å². The molecule has 1 aliphatic rings. The second-order valence-corrected chi connectivity index (χ2v) is 6.38. The Morgan fingerprint density at radius 3 is 2.75 bits per heavy atom. The number of carbonyl (C=O) groups is 1. The smallest absolute Gasteiger partial charge is 0.222 e. The molecule has 1 amide bonds. The first-order valence-corrected chi connectivity index (χ1v) is 8.39. The highest BCUT2D eigenvalue weighted by atomic mass is 16.1. The molecule has 4 rings (SSSR count). The van der Waals surface area contributed by atoms with Gasteiger partial charge in [0.1, 0.15) is 5.82 Å². The third kappa shape index (κ3) is 2.38. The zero-order valence-electron chi connectivity index (χ0n) is 14.0. The number of rotatable bonds is 2. The number of amides is 1. The van der Waals surface area contributed by atoms with Crippen LogP contribution in [0, 0.1) is 12.8 Å². The van der Waals surface area contributed by atoms with Crippen LogP contribution in [-0.4, -0.2) is 40.6 Å². The van der Waals surface area contributed by atoms with Crippen molar-refractivity contribution in [3.63, 3.8) is 0 Å². The maximum Gasteiger partial charge on any atom is 0.222 e. The van der Waals surface area contributed by atoms with Crippen molar-refractivity contribution >= 4 is 28.3 Å². The van der Waals surface area contributed by atoms with Gasteiger partial charge in [-0.05, 0) is 31.9 Å². The molecule has 1 aliphatic heterocycles. The predicted molar refractivity (Wildman–Crippen MR) is 94.2 cm³/mol. The number of nitrogens with zero attached hydrogens (tertiary/aromatic N) is 4. The van der Waals surface area contributed by atoms with Crippen molar-refractivity contribution in [3.8, 4) is 0 Å². The minimum absolute atomic E-state index is 0.110. The number of benzene rings is 1. The van der Waals surface area contributed by atoms with Gasteiger partial charge in [0.15, 0.2) is 5.65 Å². The molecule has 0 unspecified atom stereocenters. The molecule has 124 valence electrons. The van der Waals surface area contributed by atoms with Gasteiger partial charge < -0.3 is 10.2 Å². The molecule has 0 saturated carbocycles. The summed E-state index contributed by atoms with van der Waals surface area (Å²) in [5.74, 6) is 1.25. The second kappa shape index (κ2) is 5.78. The van der Waals surface area contributed by atoms with Crippen LogP contribution in [0.4, 0.5) is 5.82 Å². The van der Waals surface area contributed by atoms with Gasteiger partial charge in [-0.3, -0.25) is 4.79 Å². The minimum atomic E-state index is 0.110. The van der Waals surface area contributed by atoms with Gasteiger partial charge in [0.05, 0.1) is 11.2 Å². The van der Waals surface area contributed by atoms with Gasteiger partial charge in [-0.25, -0.2) is 9.50 Å². The molecule has 3 aromatic rings. The Kier molecular flexibility index (Phi) is 3.59. The molecule has 2 aromatic heterocycles. The number of aromatic nitrogens is 3. The summed E-state index contributed by atoms with van der Waals surface area (Å²) in [4.78, 5) is 19.0. The molecule has 0 bridgehead atoms. The fourth-order valence-electron chi connectivity index (χ4n) is 3.56. The van der Waals surface area contributed by atoms with E-state index in [-0.39, 0.29) is 11.8 Å². The highest BCUT2D eigenvalue weighted by Gasteiger charge is 2.26. The Morgan fingerprint density at radius 1 is 1.25 bits per heavy atom. The lowest BCUT2D eigenvalue weighted by molar-refractivity contribution is -0.125. The van der Waals surface area contributed by atoms with E-state index in [9.17, 15) is 4.79 Å². The lowest BCUT2D eigenvalue weighted by Gasteiger charge is -2.32. The normalized spacial score (nSPS) is 16.0. The third-order valence-corrected chi connectivity index (χ3v) is 4.82. The van der Waals surface area contributed by atoms with Crippen molar-refractivity contribution in [1.29, 1.82) is 0 Å². The number of hydrogen-bond acceptors (Lipinski definition) is 4. The first-order chi connectivity index (χ1) is 11.7. The van der Waals surface area contributed by atoms with Gasteiger partial charge in [0, 0.05) is 37.5 Å². The quantitative estimate of drug-likeness (QED) is 0.785. The van der Waals surface area contributed by atoms with Crippen LogP contribution in [0.5, 0.6) is 0 Å². The summed E-state index contributed by atoms with van der Waals surface area (Å²) in [5.41, 5.74) is 2.90. The van der Waals surface area contributed by atoms with Crippen LogP contribution in [0.25, 0.3) is 16.6 Å². The number of piperidine rings is 1. The van der Waals surface area contributed by atoms with E-state index < -0.39 is 0 Å². The Bertz CT molecular complexity index is 908. The molecule has 1 saturated heterocycles. The molecule has 6 nitrogen and oxygen atoms in total. The van der Waals surface area contributed by atoms with Crippen LogP contribution in [0.1, 0.15) is 18.5 Å². The van der Waals surface area contributed by atoms with Crippen LogP contribution < -0.4 is 10.2 Å². The predicted octanol–water partition coefficient (Wildman–Crippen LogP) is 2.15. The molecule has 1 fully saturated rings. The van der Waals surface area contributed by atoms with E-state index in [0.717, 1.165) is 54.0 Å². The number of aryl methyl sites for hydroxylation is 1. The summed E-state index contributed by atoms with van der Waals surface area (Å²) < 4.78 is 1.91. The molecular formula is C18H21N5O. The minimum Gasteiger partial charge on any atom is -0.359 e. The number of nitrogens with one attached hydrogen (secondary N) is 1. The lowest BCUT2D eigenvalue weighted by Crippen LogP contribution is -2.40. The third-order valence-electron chi connectivity index (χ3n) is 4.82. The van der Waals surface area contributed by atoms with Crippen LogP contribution >= 0.6 is 0 Å². The number of para-hydroxylation sites is 1. The van der Waals surface area contributed by atoms with E-state index >= 15 is 0 Å². The number of hydrogen-bond donors (Lipinski definition) is 1. The van der Waals surface area contributed by atoms with E-state index in [2.05, 4.69) is 27.4 Å². The molecule has 24 heavy (non-hydrogen) atoms. The standard InChI is InChI=1S/C18H21N5O/c1-12-11-16-20-17(14-5-3-4-6-15(14)23(16)21-12)22-9-7-13(8-10-22)18(24)19-2/h3-6,11,13H,7-10H2,1-2H3,(H,19,24). The zero-order chi connectivity index (χ0) is 16.7. The molecule has 1 N–H and O–H groups in total. The molecule has 3 heterocycles. The zero-order valence-corrected chi connectivity index (χ0v) is 14.0. The largest absolute Gasteiger partial charge is 0.359 e. The fourth-order valence-corrected chi connectivity index (χ4v) is 3.56. The Hall–Kier alpha value is -2.63. The molecule has 1 aromatic carbocycles. The van der Waals surface area contributed by atoms with E-state index in [1.807, 2.05) is 29.6 Å².